The number of para-hydroxylation sites is 1. The second-order valence-electron chi connectivity index (χ2n) is 6.32. The molecular weight excluding hydrogens is 256 g/mol. The molecule has 19 heavy (non-hydrogen) atoms. The maximum absolute atomic E-state index is 5.94. The number of benzene rings is 1. The molecule has 2 nitrogen and oxygen atoms in total. The van der Waals surface area contributed by atoms with Gasteiger partial charge in [0.2, 0.25) is 0 Å². The number of halogens is 1. The Bertz CT molecular complexity index is 578. The summed E-state index contributed by atoms with van der Waals surface area (Å²) in [5, 5.41) is 0. The summed E-state index contributed by atoms with van der Waals surface area (Å²) in [7, 11) is 0. The number of aryl methyl sites for hydroxylation is 2. The van der Waals surface area contributed by atoms with Crippen LogP contribution in [0, 0.1) is 12.3 Å². The van der Waals surface area contributed by atoms with E-state index < -0.39 is 0 Å². The first-order valence-corrected chi connectivity index (χ1v) is 7.42. The Hall–Kier alpha value is -1.02. The van der Waals surface area contributed by atoms with Gasteiger partial charge in [-0.25, -0.2) is 4.98 Å². The van der Waals surface area contributed by atoms with Gasteiger partial charge in [-0.3, -0.25) is 0 Å². The van der Waals surface area contributed by atoms with E-state index in [2.05, 4.69) is 57.4 Å². The van der Waals surface area contributed by atoms with Crippen LogP contribution in [-0.4, -0.2) is 15.4 Å². The van der Waals surface area contributed by atoms with Crippen molar-refractivity contribution in [2.75, 3.05) is 5.88 Å². The molecule has 1 atom stereocenters. The van der Waals surface area contributed by atoms with Crippen LogP contribution in [0.15, 0.2) is 18.2 Å². The van der Waals surface area contributed by atoms with Crippen LogP contribution in [0.25, 0.3) is 11.0 Å². The van der Waals surface area contributed by atoms with Crippen LogP contribution in [-0.2, 0) is 6.42 Å². The van der Waals surface area contributed by atoms with Crippen LogP contribution in [0.2, 0.25) is 0 Å². The Balaban J connectivity index is 2.71. The quantitative estimate of drug-likeness (QED) is 0.742. The summed E-state index contributed by atoms with van der Waals surface area (Å²) in [6.45, 7) is 11.2. The Morgan fingerprint density at radius 1 is 1.32 bits per heavy atom. The van der Waals surface area contributed by atoms with E-state index in [1.807, 2.05) is 0 Å². The molecule has 1 unspecified atom stereocenters. The summed E-state index contributed by atoms with van der Waals surface area (Å²) >= 11 is 5.94. The zero-order chi connectivity index (χ0) is 14.2. The number of fused-ring (bicyclic) bond motifs is 1. The second-order valence-corrected chi connectivity index (χ2v) is 6.70. The molecule has 2 aromatic rings. The van der Waals surface area contributed by atoms with Gasteiger partial charge in [0.15, 0.2) is 0 Å². The molecule has 1 aromatic carbocycles. The van der Waals surface area contributed by atoms with Crippen LogP contribution in [0.4, 0.5) is 0 Å². The van der Waals surface area contributed by atoms with Crippen molar-refractivity contribution >= 4 is 22.6 Å². The molecule has 0 radical (unpaired) electrons. The fourth-order valence-electron chi connectivity index (χ4n) is 2.43. The molecule has 104 valence electrons. The number of aromatic nitrogens is 2. The van der Waals surface area contributed by atoms with Crippen molar-refractivity contribution in [2.24, 2.45) is 5.41 Å². The molecule has 0 saturated carbocycles. The number of rotatable bonds is 3. The topological polar surface area (TPSA) is 17.8 Å². The van der Waals surface area contributed by atoms with Crippen molar-refractivity contribution < 1.29 is 0 Å². The Morgan fingerprint density at radius 3 is 2.58 bits per heavy atom. The lowest BCUT2D eigenvalue weighted by molar-refractivity contribution is 0.263. The molecular formula is C16H23ClN2. The average Bonchev–Trinajstić information content (AvgIpc) is 2.67. The van der Waals surface area contributed by atoms with Gasteiger partial charge in [-0.1, -0.05) is 32.9 Å². The van der Waals surface area contributed by atoms with Gasteiger partial charge in [0.25, 0.3) is 0 Å². The second kappa shape index (κ2) is 5.16. The maximum atomic E-state index is 5.94. The van der Waals surface area contributed by atoms with Crippen LogP contribution in [0.5, 0.6) is 0 Å². The predicted octanol–water partition coefficient (Wildman–Crippen LogP) is 4.73. The normalized spacial score (nSPS) is 14.0. The highest BCUT2D eigenvalue weighted by Gasteiger charge is 2.26. The molecule has 0 aliphatic heterocycles. The molecule has 3 heteroatoms. The molecule has 0 aliphatic carbocycles. The van der Waals surface area contributed by atoms with Crippen LogP contribution in [0.3, 0.4) is 0 Å². The zero-order valence-corrected chi connectivity index (χ0v) is 13.3. The zero-order valence-electron chi connectivity index (χ0n) is 12.5. The van der Waals surface area contributed by atoms with Crippen LogP contribution in [0.1, 0.15) is 45.1 Å². The molecule has 0 saturated heterocycles. The van der Waals surface area contributed by atoms with E-state index in [1.54, 1.807) is 0 Å². The van der Waals surface area contributed by atoms with Gasteiger partial charge in [-0.05, 0) is 30.9 Å². The minimum Gasteiger partial charge on any atom is -0.324 e. The van der Waals surface area contributed by atoms with E-state index >= 15 is 0 Å². The molecule has 0 N–H and O–H groups in total. The maximum Gasteiger partial charge on any atom is 0.111 e. The Kier molecular flexibility index (Phi) is 3.91. The summed E-state index contributed by atoms with van der Waals surface area (Å²) in [6, 6.07) is 6.70. The summed E-state index contributed by atoms with van der Waals surface area (Å²) < 4.78 is 2.38. The van der Waals surface area contributed by atoms with Gasteiger partial charge >= 0.3 is 0 Å². The number of hydrogen-bond acceptors (Lipinski definition) is 1. The van der Waals surface area contributed by atoms with E-state index in [-0.39, 0.29) is 5.41 Å². The Labute approximate surface area is 120 Å². The van der Waals surface area contributed by atoms with E-state index in [0.29, 0.717) is 11.9 Å². The number of hydrogen-bond donors (Lipinski definition) is 0. The number of alkyl halides is 1. The summed E-state index contributed by atoms with van der Waals surface area (Å²) in [5.41, 5.74) is 3.81. The third-order valence-electron chi connectivity index (χ3n) is 3.94. The molecule has 1 heterocycles. The standard InChI is InChI=1S/C16H23ClN2/c1-11-7-6-8-13-15(11)19(12(2)16(3,4)5)14(18-13)9-10-17/h6-8,12H,9-10H2,1-5H3. The smallest absolute Gasteiger partial charge is 0.111 e. The van der Waals surface area contributed by atoms with E-state index in [0.717, 1.165) is 17.8 Å². The lowest BCUT2D eigenvalue weighted by Gasteiger charge is -2.30. The van der Waals surface area contributed by atoms with Gasteiger partial charge in [0, 0.05) is 18.3 Å². The molecule has 1 aromatic heterocycles. The van der Waals surface area contributed by atoms with Crippen molar-refractivity contribution in [2.45, 2.75) is 47.1 Å². The minimum absolute atomic E-state index is 0.191. The van der Waals surface area contributed by atoms with Crippen molar-refractivity contribution in [3.63, 3.8) is 0 Å². The van der Waals surface area contributed by atoms with Crippen LogP contribution >= 0.6 is 11.6 Å². The summed E-state index contributed by atoms with van der Waals surface area (Å²) in [4.78, 5) is 4.78. The lowest BCUT2D eigenvalue weighted by atomic mass is 9.87. The molecule has 0 spiro atoms. The molecule has 0 bridgehead atoms. The highest BCUT2D eigenvalue weighted by atomic mass is 35.5. The van der Waals surface area contributed by atoms with Crippen molar-refractivity contribution in [3.05, 3.63) is 29.6 Å². The minimum atomic E-state index is 0.191. The number of nitrogens with zero attached hydrogens (tertiary/aromatic N) is 2. The van der Waals surface area contributed by atoms with Crippen molar-refractivity contribution in [1.29, 1.82) is 0 Å². The predicted molar refractivity (Wildman–Crippen MR) is 83.1 cm³/mol. The van der Waals surface area contributed by atoms with E-state index in [1.165, 1.54) is 11.1 Å². The first-order chi connectivity index (χ1) is 8.86. The monoisotopic (exact) mass is 278 g/mol. The van der Waals surface area contributed by atoms with Crippen molar-refractivity contribution in [1.82, 2.24) is 9.55 Å². The van der Waals surface area contributed by atoms with Crippen molar-refractivity contribution in [3.8, 4) is 0 Å². The third kappa shape index (κ3) is 2.64. The highest BCUT2D eigenvalue weighted by molar-refractivity contribution is 6.17. The molecule has 0 amide bonds. The lowest BCUT2D eigenvalue weighted by Crippen LogP contribution is -2.23. The highest BCUT2D eigenvalue weighted by Crippen LogP contribution is 2.35. The van der Waals surface area contributed by atoms with E-state index in [9.17, 15) is 0 Å². The fourth-order valence-corrected chi connectivity index (χ4v) is 2.60. The van der Waals surface area contributed by atoms with Gasteiger partial charge in [-0.2, -0.15) is 0 Å². The van der Waals surface area contributed by atoms with Gasteiger partial charge in [0.1, 0.15) is 5.82 Å². The molecule has 2 rings (SSSR count). The first-order valence-electron chi connectivity index (χ1n) is 6.88. The first kappa shape index (κ1) is 14.4. The van der Waals surface area contributed by atoms with Gasteiger partial charge in [0.05, 0.1) is 11.0 Å². The molecule has 0 fully saturated rings. The third-order valence-corrected chi connectivity index (χ3v) is 4.13. The summed E-state index contributed by atoms with van der Waals surface area (Å²) in [6.07, 6.45) is 0.816. The summed E-state index contributed by atoms with van der Waals surface area (Å²) in [5.74, 6) is 1.71. The SMILES string of the molecule is Cc1cccc2nc(CCCl)n(C(C)C(C)(C)C)c12. The molecule has 0 aliphatic rings. The van der Waals surface area contributed by atoms with Gasteiger partial charge in [-0.15, -0.1) is 11.6 Å². The van der Waals surface area contributed by atoms with E-state index in [4.69, 9.17) is 16.6 Å². The number of imidazole rings is 1. The largest absolute Gasteiger partial charge is 0.324 e. The average molecular weight is 279 g/mol. The fraction of sp³-hybridized carbons (Fsp3) is 0.562. The van der Waals surface area contributed by atoms with Crippen LogP contribution < -0.4 is 0 Å². The Morgan fingerprint density at radius 2 is 2.00 bits per heavy atom. The van der Waals surface area contributed by atoms with Gasteiger partial charge < -0.3 is 4.57 Å².